The lowest BCUT2D eigenvalue weighted by Crippen LogP contribution is -2.45. The molecule has 0 aliphatic heterocycles. The van der Waals surface area contributed by atoms with Crippen molar-refractivity contribution < 1.29 is 14.6 Å². The molecule has 0 amide bonds. The van der Waals surface area contributed by atoms with Crippen molar-refractivity contribution in [2.24, 2.45) is 0 Å². The minimum absolute atomic E-state index is 0.00731. The Bertz CT molecular complexity index is 441. The van der Waals surface area contributed by atoms with Crippen molar-refractivity contribution in [3.63, 3.8) is 0 Å². The van der Waals surface area contributed by atoms with E-state index in [1.807, 2.05) is 34.6 Å². The number of anilines is 1. The molecule has 19 heavy (non-hydrogen) atoms. The van der Waals surface area contributed by atoms with E-state index in [9.17, 15) is 4.79 Å². The number of ether oxygens (including phenoxy) is 1. The predicted octanol–water partition coefficient (Wildman–Crippen LogP) is 1.95. The third kappa shape index (κ3) is 4.73. The van der Waals surface area contributed by atoms with Crippen LogP contribution < -0.4 is 9.64 Å². The number of carbonyl (C=O) groups is 1. The zero-order chi connectivity index (χ0) is 14.6. The van der Waals surface area contributed by atoms with E-state index >= 15 is 0 Å². The summed E-state index contributed by atoms with van der Waals surface area (Å²) >= 11 is 0. The van der Waals surface area contributed by atoms with Gasteiger partial charge in [0.2, 0.25) is 5.88 Å². The quantitative estimate of drug-likeness (QED) is 0.878. The van der Waals surface area contributed by atoms with Crippen molar-refractivity contribution >= 4 is 11.8 Å². The van der Waals surface area contributed by atoms with E-state index in [1.54, 1.807) is 11.1 Å². The lowest BCUT2D eigenvalue weighted by Gasteiger charge is -2.35. The Morgan fingerprint density at radius 3 is 2.53 bits per heavy atom. The molecule has 0 unspecified atom stereocenters. The molecule has 0 spiro atoms. The second kappa shape index (κ2) is 5.86. The molecule has 1 aromatic rings. The van der Waals surface area contributed by atoms with Gasteiger partial charge < -0.3 is 14.7 Å². The topological polar surface area (TPSA) is 75.5 Å². The summed E-state index contributed by atoms with van der Waals surface area (Å²) in [6.45, 7) is 9.43. The SMILES string of the molecule is CC(C)Oc1cncc(N(CC(=O)O)C(C)(C)C)n1. The van der Waals surface area contributed by atoms with Crippen molar-refractivity contribution in [3.8, 4) is 5.88 Å². The Kier molecular flexibility index (Phi) is 4.69. The molecule has 1 rings (SSSR count). The zero-order valence-corrected chi connectivity index (χ0v) is 12.0. The molecule has 6 nitrogen and oxygen atoms in total. The first-order valence-corrected chi connectivity index (χ1v) is 6.18. The summed E-state index contributed by atoms with van der Waals surface area (Å²) in [4.78, 5) is 21.0. The largest absolute Gasteiger partial charge is 0.480 e. The van der Waals surface area contributed by atoms with Gasteiger partial charge in [-0.2, -0.15) is 4.98 Å². The van der Waals surface area contributed by atoms with Crippen LogP contribution in [-0.4, -0.2) is 39.2 Å². The molecule has 0 aliphatic rings. The smallest absolute Gasteiger partial charge is 0.323 e. The van der Waals surface area contributed by atoms with Gasteiger partial charge in [0.25, 0.3) is 0 Å². The molecule has 1 N–H and O–H groups in total. The number of carboxylic acid groups (broad SMARTS) is 1. The number of carboxylic acids is 1. The normalized spacial score (nSPS) is 11.5. The molecule has 106 valence electrons. The molecular weight excluding hydrogens is 246 g/mol. The van der Waals surface area contributed by atoms with E-state index in [-0.39, 0.29) is 18.2 Å². The highest BCUT2D eigenvalue weighted by molar-refractivity contribution is 5.73. The van der Waals surface area contributed by atoms with E-state index in [0.29, 0.717) is 11.7 Å². The second-order valence-corrected chi connectivity index (χ2v) is 5.53. The van der Waals surface area contributed by atoms with Crippen molar-refractivity contribution in [1.82, 2.24) is 9.97 Å². The summed E-state index contributed by atoms with van der Waals surface area (Å²) in [6, 6.07) is 0. The van der Waals surface area contributed by atoms with Crippen LogP contribution in [-0.2, 0) is 4.79 Å². The van der Waals surface area contributed by atoms with Crippen LogP contribution in [0.25, 0.3) is 0 Å². The molecule has 0 bridgehead atoms. The molecule has 0 aliphatic carbocycles. The van der Waals surface area contributed by atoms with E-state index in [0.717, 1.165) is 0 Å². The molecule has 0 atom stereocenters. The Balaban J connectivity index is 3.05. The molecule has 1 aromatic heterocycles. The summed E-state index contributed by atoms with van der Waals surface area (Å²) in [7, 11) is 0. The summed E-state index contributed by atoms with van der Waals surface area (Å²) in [6.07, 6.45) is 3.05. The van der Waals surface area contributed by atoms with Crippen LogP contribution in [0.5, 0.6) is 5.88 Å². The van der Waals surface area contributed by atoms with E-state index in [1.165, 1.54) is 6.20 Å². The summed E-state index contributed by atoms with van der Waals surface area (Å²) in [5.74, 6) is -0.0212. The summed E-state index contributed by atoms with van der Waals surface area (Å²) in [5.41, 5.74) is -0.372. The number of hydrogen-bond donors (Lipinski definition) is 1. The van der Waals surface area contributed by atoms with E-state index < -0.39 is 5.97 Å². The van der Waals surface area contributed by atoms with Gasteiger partial charge in [0.1, 0.15) is 6.54 Å². The minimum atomic E-state index is -0.910. The number of rotatable bonds is 5. The monoisotopic (exact) mass is 267 g/mol. The van der Waals surface area contributed by atoms with Gasteiger partial charge in [0.05, 0.1) is 18.5 Å². The lowest BCUT2D eigenvalue weighted by molar-refractivity contribution is -0.135. The molecule has 0 fully saturated rings. The van der Waals surface area contributed by atoms with Crippen LogP contribution in [0.15, 0.2) is 12.4 Å². The van der Waals surface area contributed by atoms with Crippen LogP contribution >= 0.6 is 0 Å². The van der Waals surface area contributed by atoms with Crippen molar-refractivity contribution in [3.05, 3.63) is 12.4 Å². The molecule has 0 aromatic carbocycles. The number of hydrogen-bond acceptors (Lipinski definition) is 5. The molecule has 0 saturated carbocycles. The van der Waals surface area contributed by atoms with Gasteiger partial charge in [-0.1, -0.05) is 0 Å². The molecule has 0 saturated heterocycles. The van der Waals surface area contributed by atoms with Gasteiger partial charge in [-0.15, -0.1) is 0 Å². The van der Waals surface area contributed by atoms with Crippen molar-refractivity contribution in [2.75, 3.05) is 11.4 Å². The average Bonchev–Trinajstić information content (AvgIpc) is 2.23. The molecule has 1 heterocycles. The van der Waals surface area contributed by atoms with Crippen LogP contribution in [0.1, 0.15) is 34.6 Å². The van der Waals surface area contributed by atoms with Gasteiger partial charge in [-0.25, -0.2) is 0 Å². The fourth-order valence-electron chi connectivity index (χ4n) is 1.56. The van der Waals surface area contributed by atoms with Gasteiger partial charge in [-0.3, -0.25) is 9.78 Å². The Morgan fingerprint density at radius 1 is 1.42 bits per heavy atom. The Labute approximate surface area is 113 Å². The van der Waals surface area contributed by atoms with Crippen molar-refractivity contribution in [1.29, 1.82) is 0 Å². The first-order chi connectivity index (χ1) is 8.70. The van der Waals surface area contributed by atoms with Crippen molar-refractivity contribution in [2.45, 2.75) is 46.3 Å². The minimum Gasteiger partial charge on any atom is -0.480 e. The first kappa shape index (κ1) is 15.2. The van der Waals surface area contributed by atoms with Crippen LogP contribution in [0.4, 0.5) is 5.82 Å². The summed E-state index contributed by atoms with van der Waals surface area (Å²) in [5, 5.41) is 9.00. The van der Waals surface area contributed by atoms with E-state index in [4.69, 9.17) is 9.84 Å². The fraction of sp³-hybridized carbons (Fsp3) is 0.615. The first-order valence-electron chi connectivity index (χ1n) is 6.18. The van der Waals surface area contributed by atoms with Crippen LogP contribution in [0.2, 0.25) is 0 Å². The van der Waals surface area contributed by atoms with Gasteiger partial charge in [-0.05, 0) is 34.6 Å². The standard InChI is InChI=1S/C13H21N3O3/c1-9(2)19-11-7-14-6-10(15-11)16(8-12(17)18)13(3,4)5/h6-7,9H,8H2,1-5H3,(H,17,18). The maximum absolute atomic E-state index is 11.0. The third-order valence-corrected chi connectivity index (χ3v) is 2.34. The third-order valence-electron chi connectivity index (χ3n) is 2.34. The molecule has 0 radical (unpaired) electrons. The highest BCUT2D eigenvalue weighted by atomic mass is 16.5. The van der Waals surface area contributed by atoms with Gasteiger partial charge in [0, 0.05) is 5.54 Å². The van der Waals surface area contributed by atoms with Crippen LogP contribution in [0.3, 0.4) is 0 Å². The molecule has 6 heteroatoms. The maximum Gasteiger partial charge on any atom is 0.323 e. The van der Waals surface area contributed by atoms with Crippen LogP contribution in [0, 0.1) is 0 Å². The maximum atomic E-state index is 11.0. The number of aliphatic carboxylic acids is 1. The van der Waals surface area contributed by atoms with E-state index in [2.05, 4.69) is 9.97 Å². The van der Waals surface area contributed by atoms with Gasteiger partial charge >= 0.3 is 5.97 Å². The summed E-state index contributed by atoms with van der Waals surface area (Å²) < 4.78 is 5.47. The molecular formula is C13H21N3O3. The highest BCUT2D eigenvalue weighted by Crippen LogP contribution is 2.22. The zero-order valence-electron chi connectivity index (χ0n) is 12.0. The predicted molar refractivity (Wildman–Crippen MR) is 72.5 cm³/mol. The Hall–Kier alpha value is -1.85. The Morgan fingerprint density at radius 2 is 2.05 bits per heavy atom. The average molecular weight is 267 g/mol. The number of nitrogens with zero attached hydrogens (tertiary/aromatic N) is 3. The fourth-order valence-corrected chi connectivity index (χ4v) is 1.56. The van der Waals surface area contributed by atoms with Gasteiger partial charge in [0.15, 0.2) is 5.82 Å². The highest BCUT2D eigenvalue weighted by Gasteiger charge is 2.25. The lowest BCUT2D eigenvalue weighted by atomic mass is 10.1. The second-order valence-electron chi connectivity index (χ2n) is 5.53. The number of aromatic nitrogens is 2.